The van der Waals surface area contributed by atoms with Crippen molar-refractivity contribution < 1.29 is 10.2 Å². The third-order valence-electron chi connectivity index (χ3n) is 5.70. The molecule has 7 nitrogen and oxygen atoms in total. The van der Waals surface area contributed by atoms with Crippen LogP contribution in [0, 0.1) is 12.3 Å². The van der Waals surface area contributed by atoms with E-state index in [0.29, 0.717) is 28.5 Å². The van der Waals surface area contributed by atoms with Gasteiger partial charge in [-0.2, -0.15) is 0 Å². The summed E-state index contributed by atoms with van der Waals surface area (Å²) >= 11 is 6.18. The van der Waals surface area contributed by atoms with Gasteiger partial charge in [0.2, 0.25) is 5.88 Å². The predicted molar refractivity (Wildman–Crippen MR) is 106 cm³/mol. The normalized spacial score (nSPS) is 17.8. The molecule has 0 bridgehead atoms. The van der Waals surface area contributed by atoms with E-state index in [1.807, 2.05) is 6.92 Å². The first-order chi connectivity index (χ1) is 12.8. The lowest BCUT2D eigenvalue weighted by molar-refractivity contribution is 0.204. The molecule has 2 aromatic rings. The summed E-state index contributed by atoms with van der Waals surface area (Å²) in [7, 11) is 0. The van der Waals surface area contributed by atoms with E-state index in [0.717, 1.165) is 25.9 Å². The molecule has 1 saturated heterocycles. The molecule has 27 heavy (non-hydrogen) atoms. The number of piperidine rings is 1. The summed E-state index contributed by atoms with van der Waals surface area (Å²) in [6.45, 7) is 7.52. The fourth-order valence-electron chi connectivity index (χ4n) is 3.46. The quantitative estimate of drug-likeness (QED) is 0.735. The van der Waals surface area contributed by atoms with Crippen molar-refractivity contribution >= 4 is 17.4 Å². The van der Waals surface area contributed by atoms with Crippen LogP contribution < -0.4 is 10.6 Å². The van der Waals surface area contributed by atoms with Gasteiger partial charge in [0.15, 0.2) is 5.82 Å². The molecular weight excluding hydrogens is 366 g/mol. The first-order valence-corrected chi connectivity index (χ1v) is 9.47. The Bertz CT molecular complexity index is 835. The summed E-state index contributed by atoms with van der Waals surface area (Å²) in [5.41, 5.74) is 8.50. The van der Waals surface area contributed by atoms with Crippen molar-refractivity contribution in [3.63, 3.8) is 0 Å². The number of nitrogens with zero attached hydrogens (tertiary/aromatic N) is 4. The minimum Gasteiger partial charge on any atom is -0.492 e. The number of aromatic nitrogens is 3. The van der Waals surface area contributed by atoms with Gasteiger partial charge in [-0.25, -0.2) is 15.0 Å². The molecule has 1 aliphatic rings. The number of halogens is 1. The smallest absolute Gasteiger partial charge is 0.230 e. The summed E-state index contributed by atoms with van der Waals surface area (Å²) in [6, 6.07) is 1.81. The van der Waals surface area contributed by atoms with Crippen LogP contribution in [0.3, 0.4) is 0 Å². The number of hydrogen-bond acceptors (Lipinski definition) is 7. The minimum absolute atomic E-state index is 0.111. The van der Waals surface area contributed by atoms with Crippen LogP contribution >= 0.6 is 11.6 Å². The van der Waals surface area contributed by atoms with E-state index in [-0.39, 0.29) is 29.0 Å². The topological polar surface area (TPSA) is 108 Å². The Morgan fingerprint density at radius 2 is 2.00 bits per heavy atom. The second-order valence-corrected chi connectivity index (χ2v) is 7.89. The van der Waals surface area contributed by atoms with E-state index in [1.54, 1.807) is 6.07 Å². The van der Waals surface area contributed by atoms with Crippen LogP contribution in [-0.4, -0.2) is 44.3 Å². The molecule has 2 aromatic heterocycles. The predicted octanol–water partition coefficient (Wildman–Crippen LogP) is 2.65. The molecule has 0 radical (unpaired) electrons. The average Bonchev–Trinajstić information content (AvgIpc) is 2.64. The lowest BCUT2D eigenvalue weighted by atomic mass is 9.75. The molecule has 3 heterocycles. The van der Waals surface area contributed by atoms with E-state index in [2.05, 4.69) is 28.7 Å². The Hall–Kier alpha value is -1.96. The highest BCUT2D eigenvalue weighted by Gasteiger charge is 2.34. The zero-order valence-corrected chi connectivity index (χ0v) is 16.7. The van der Waals surface area contributed by atoms with Crippen LogP contribution in [0.1, 0.15) is 38.1 Å². The zero-order chi connectivity index (χ0) is 19.8. The van der Waals surface area contributed by atoms with Gasteiger partial charge in [-0.3, -0.25) is 0 Å². The summed E-state index contributed by atoms with van der Waals surface area (Å²) in [4.78, 5) is 15.2. The van der Waals surface area contributed by atoms with E-state index >= 15 is 0 Å². The maximum Gasteiger partial charge on any atom is 0.230 e. The van der Waals surface area contributed by atoms with Gasteiger partial charge in [-0.15, -0.1) is 0 Å². The Kier molecular flexibility index (Phi) is 5.55. The van der Waals surface area contributed by atoms with Crippen molar-refractivity contribution in [3.8, 4) is 17.1 Å². The van der Waals surface area contributed by atoms with E-state index in [1.165, 1.54) is 6.20 Å². The third-order valence-corrected chi connectivity index (χ3v) is 6.07. The second kappa shape index (κ2) is 7.58. The van der Waals surface area contributed by atoms with Crippen LogP contribution in [0.5, 0.6) is 5.88 Å². The van der Waals surface area contributed by atoms with Crippen molar-refractivity contribution in [2.45, 2.75) is 46.3 Å². The number of pyridine rings is 1. The number of rotatable bonds is 4. The second-order valence-electron chi connectivity index (χ2n) is 7.51. The fourth-order valence-corrected chi connectivity index (χ4v) is 3.66. The van der Waals surface area contributed by atoms with Crippen molar-refractivity contribution in [2.24, 2.45) is 11.1 Å². The molecule has 0 amide bonds. The molecule has 4 N–H and O–H groups in total. The molecule has 1 aliphatic heterocycles. The number of hydrogen-bond donors (Lipinski definition) is 3. The first kappa shape index (κ1) is 19.8. The maximum atomic E-state index is 9.88. The van der Waals surface area contributed by atoms with Gasteiger partial charge in [0.1, 0.15) is 10.7 Å². The highest BCUT2D eigenvalue weighted by Crippen LogP contribution is 2.37. The van der Waals surface area contributed by atoms with Crippen LogP contribution in [-0.2, 0) is 6.61 Å². The molecule has 1 atom stereocenters. The van der Waals surface area contributed by atoms with Gasteiger partial charge in [0.05, 0.1) is 18.0 Å². The first-order valence-electron chi connectivity index (χ1n) is 9.09. The number of aliphatic hydroxyl groups is 1. The maximum absolute atomic E-state index is 9.88. The summed E-state index contributed by atoms with van der Waals surface area (Å²) in [5, 5.41) is 19.8. The largest absolute Gasteiger partial charge is 0.492 e. The molecule has 0 saturated carbocycles. The molecule has 0 aliphatic carbocycles. The number of nitrogens with two attached hydrogens (primary N) is 1. The molecule has 1 fully saturated rings. The van der Waals surface area contributed by atoms with Crippen LogP contribution in [0.15, 0.2) is 12.3 Å². The molecule has 0 unspecified atom stereocenters. The molecular formula is C19H26ClN5O2. The Morgan fingerprint density at radius 3 is 2.59 bits per heavy atom. The van der Waals surface area contributed by atoms with E-state index in [9.17, 15) is 10.2 Å². The Morgan fingerprint density at radius 1 is 1.33 bits per heavy atom. The summed E-state index contributed by atoms with van der Waals surface area (Å²) in [6.07, 6.45) is 3.38. The van der Waals surface area contributed by atoms with Crippen molar-refractivity contribution in [1.29, 1.82) is 0 Å². The van der Waals surface area contributed by atoms with Crippen molar-refractivity contribution in [2.75, 3.05) is 18.0 Å². The molecule has 0 aromatic carbocycles. The highest BCUT2D eigenvalue weighted by atomic mass is 35.5. The van der Waals surface area contributed by atoms with E-state index in [4.69, 9.17) is 22.3 Å². The standard InChI is InChI=1S/C19H26ClN5O2/c1-11-16(13-4-7-22-18(27)15(13)20)24-14(10-26)17(23-11)25-8-5-19(3,6-9-25)12(2)21/h4,7,12,26H,5-6,8-10,21H2,1-3H3,(H,22,27)/t12-/m0/s1. The number of aliphatic hydroxyl groups excluding tert-OH is 1. The SMILES string of the molecule is Cc1nc(N2CCC(C)([C@H](C)N)CC2)c(CO)nc1-c1ccnc(O)c1Cl. The van der Waals surface area contributed by atoms with Crippen LogP contribution in [0.2, 0.25) is 5.02 Å². The lowest BCUT2D eigenvalue weighted by Gasteiger charge is -2.42. The monoisotopic (exact) mass is 391 g/mol. The number of aryl methyl sites for hydroxylation is 1. The van der Waals surface area contributed by atoms with Gasteiger partial charge in [-0.05, 0) is 38.2 Å². The van der Waals surface area contributed by atoms with Gasteiger partial charge < -0.3 is 20.8 Å². The zero-order valence-electron chi connectivity index (χ0n) is 15.9. The lowest BCUT2D eigenvalue weighted by Crippen LogP contribution is -2.47. The molecule has 8 heteroatoms. The fraction of sp³-hybridized carbons (Fsp3) is 0.526. The highest BCUT2D eigenvalue weighted by molar-refractivity contribution is 6.34. The third kappa shape index (κ3) is 3.72. The molecule has 146 valence electrons. The molecule has 3 rings (SSSR count). The van der Waals surface area contributed by atoms with Gasteiger partial charge in [-0.1, -0.05) is 18.5 Å². The molecule has 0 spiro atoms. The van der Waals surface area contributed by atoms with Gasteiger partial charge in [0.25, 0.3) is 0 Å². The minimum atomic E-state index is -0.254. The van der Waals surface area contributed by atoms with Crippen molar-refractivity contribution in [3.05, 3.63) is 28.7 Å². The Balaban J connectivity index is 1.95. The van der Waals surface area contributed by atoms with Gasteiger partial charge in [0, 0.05) is 30.9 Å². The van der Waals surface area contributed by atoms with E-state index < -0.39 is 0 Å². The van der Waals surface area contributed by atoms with Crippen molar-refractivity contribution in [1.82, 2.24) is 15.0 Å². The summed E-state index contributed by atoms with van der Waals surface area (Å²) in [5.74, 6) is 0.441. The number of aromatic hydroxyl groups is 1. The van der Waals surface area contributed by atoms with Crippen LogP contribution in [0.4, 0.5) is 5.82 Å². The average molecular weight is 392 g/mol. The van der Waals surface area contributed by atoms with Crippen LogP contribution in [0.25, 0.3) is 11.3 Å². The van der Waals surface area contributed by atoms with Gasteiger partial charge >= 0.3 is 0 Å². The summed E-state index contributed by atoms with van der Waals surface area (Å²) < 4.78 is 0. The number of anilines is 1. The Labute approximate surface area is 164 Å².